The second kappa shape index (κ2) is 5.34. The van der Waals surface area contributed by atoms with Crippen LogP contribution in [0, 0.1) is 0 Å². The van der Waals surface area contributed by atoms with Crippen LogP contribution in [0.25, 0.3) is 0 Å². The summed E-state index contributed by atoms with van der Waals surface area (Å²) in [6.07, 6.45) is 3.02. The van der Waals surface area contributed by atoms with Crippen LogP contribution in [0.15, 0.2) is 42.6 Å². The lowest BCUT2D eigenvalue weighted by atomic mass is 10.1. The van der Waals surface area contributed by atoms with Gasteiger partial charge in [0.2, 0.25) is 5.88 Å². The van der Waals surface area contributed by atoms with Crippen molar-refractivity contribution in [2.45, 2.75) is 19.8 Å². The first-order valence-corrected chi connectivity index (χ1v) is 5.70. The molecule has 0 spiro atoms. The quantitative estimate of drug-likeness (QED) is 0.819. The summed E-state index contributed by atoms with van der Waals surface area (Å²) in [5.74, 6) is 0.233. The van der Waals surface area contributed by atoms with E-state index >= 15 is 0 Å². The highest BCUT2D eigenvalue weighted by Crippen LogP contribution is 2.09. The summed E-state index contributed by atoms with van der Waals surface area (Å²) in [5.41, 5.74) is 2.24. The minimum absolute atomic E-state index is 0.253. The van der Waals surface area contributed by atoms with E-state index in [-0.39, 0.29) is 5.97 Å². The molecule has 1 N–H and O–H groups in total. The van der Waals surface area contributed by atoms with Crippen LogP contribution >= 0.6 is 0 Å². The molecule has 0 amide bonds. The van der Waals surface area contributed by atoms with Crippen LogP contribution in [0.1, 0.15) is 18.1 Å². The third kappa shape index (κ3) is 3.21. The van der Waals surface area contributed by atoms with E-state index < -0.39 is 0 Å². The number of esters is 1. The number of benzene rings is 1. The average Bonchev–Trinajstić information content (AvgIpc) is 2.82. The number of aromatic amines is 1. The molecule has 0 saturated carbocycles. The maximum absolute atomic E-state index is 11.6. The lowest BCUT2D eigenvalue weighted by Gasteiger charge is -2.03. The highest BCUT2D eigenvalue weighted by atomic mass is 16.5. The van der Waals surface area contributed by atoms with Crippen LogP contribution < -0.4 is 4.74 Å². The molecule has 1 aromatic heterocycles. The summed E-state index contributed by atoms with van der Waals surface area (Å²) < 4.78 is 5.12. The fourth-order valence-corrected chi connectivity index (χ4v) is 1.60. The molecule has 0 unspecified atom stereocenters. The molecule has 3 heteroatoms. The summed E-state index contributed by atoms with van der Waals surface area (Å²) in [6, 6.07) is 11.5. The molecule has 2 aromatic rings. The van der Waals surface area contributed by atoms with E-state index in [1.165, 1.54) is 5.56 Å². The van der Waals surface area contributed by atoms with Gasteiger partial charge >= 0.3 is 5.97 Å². The molecule has 17 heavy (non-hydrogen) atoms. The molecule has 1 heterocycles. The SMILES string of the molecule is CCc1ccc(CC(=O)Oc2ccc[nH]2)cc1. The Morgan fingerprint density at radius 3 is 2.47 bits per heavy atom. The molecule has 0 aliphatic carbocycles. The molecular formula is C14H15NO2. The predicted octanol–water partition coefficient (Wildman–Crippen LogP) is 2.73. The minimum Gasteiger partial charge on any atom is -0.409 e. The van der Waals surface area contributed by atoms with Crippen molar-refractivity contribution < 1.29 is 9.53 Å². The summed E-state index contributed by atoms with van der Waals surface area (Å²) in [4.78, 5) is 14.4. The lowest BCUT2D eigenvalue weighted by molar-refractivity contribution is -0.133. The average molecular weight is 229 g/mol. The van der Waals surface area contributed by atoms with Gasteiger partial charge in [-0.25, -0.2) is 0 Å². The first kappa shape index (κ1) is 11.5. The van der Waals surface area contributed by atoms with Crippen molar-refractivity contribution in [1.82, 2.24) is 4.98 Å². The molecule has 0 atom stereocenters. The number of carbonyl (C=O) groups is 1. The fourth-order valence-electron chi connectivity index (χ4n) is 1.60. The second-order valence-electron chi connectivity index (χ2n) is 3.86. The maximum atomic E-state index is 11.6. The summed E-state index contributed by atoms with van der Waals surface area (Å²) in [7, 11) is 0. The highest BCUT2D eigenvalue weighted by Gasteiger charge is 2.06. The second-order valence-corrected chi connectivity index (χ2v) is 3.86. The Hall–Kier alpha value is -2.03. The number of aryl methyl sites for hydroxylation is 1. The molecule has 0 fully saturated rings. The molecule has 0 bridgehead atoms. The molecule has 0 radical (unpaired) electrons. The van der Waals surface area contributed by atoms with Gasteiger partial charge in [-0.1, -0.05) is 31.2 Å². The van der Waals surface area contributed by atoms with E-state index in [1.54, 1.807) is 18.3 Å². The number of ether oxygens (including phenoxy) is 1. The van der Waals surface area contributed by atoms with Gasteiger partial charge in [0.1, 0.15) is 0 Å². The number of hydrogen-bond donors (Lipinski definition) is 1. The third-order valence-electron chi connectivity index (χ3n) is 2.57. The van der Waals surface area contributed by atoms with Gasteiger partial charge in [-0.05, 0) is 23.6 Å². The molecule has 1 aromatic carbocycles. The molecule has 0 aliphatic heterocycles. The number of nitrogens with one attached hydrogen (secondary N) is 1. The molecule has 0 saturated heterocycles. The van der Waals surface area contributed by atoms with Crippen LogP contribution in [0.4, 0.5) is 0 Å². The zero-order chi connectivity index (χ0) is 12.1. The molecule has 2 rings (SSSR count). The Bertz CT molecular complexity index is 471. The van der Waals surface area contributed by atoms with E-state index in [2.05, 4.69) is 11.9 Å². The van der Waals surface area contributed by atoms with Crippen molar-refractivity contribution in [3.05, 3.63) is 53.7 Å². The van der Waals surface area contributed by atoms with Crippen LogP contribution in [-0.2, 0) is 17.6 Å². The largest absolute Gasteiger partial charge is 0.409 e. The van der Waals surface area contributed by atoms with Crippen molar-refractivity contribution in [2.75, 3.05) is 0 Å². The van der Waals surface area contributed by atoms with Gasteiger partial charge in [0.15, 0.2) is 0 Å². The van der Waals surface area contributed by atoms with Gasteiger partial charge < -0.3 is 9.72 Å². The van der Waals surface area contributed by atoms with E-state index in [0.29, 0.717) is 12.3 Å². The zero-order valence-electron chi connectivity index (χ0n) is 9.77. The Morgan fingerprint density at radius 1 is 1.18 bits per heavy atom. The topological polar surface area (TPSA) is 42.1 Å². The number of hydrogen-bond acceptors (Lipinski definition) is 2. The smallest absolute Gasteiger partial charge is 0.316 e. The van der Waals surface area contributed by atoms with Crippen molar-refractivity contribution >= 4 is 5.97 Å². The molecular weight excluding hydrogens is 214 g/mol. The van der Waals surface area contributed by atoms with Crippen molar-refractivity contribution in [3.8, 4) is 5.88 Å². The van der Waals surface area contributed by atoms with Gasteiger partial charge in [0.25, 0.3) is 0 Å². The van der Waals surface area contributed by atoms with Crippen LogP contribution in [-0.4, -0.2) is 11.0 Å². The van der Waals surface area contributed by atoms with E-state index in [0.717, 1.165) is 12.0 Å². The van der Waals surface area contributed by atoms with Crippen molar-refractivity contribution in [2.24, 2.45) is 0 Å². The minimum atomic E-state index is -0.253. The van der Waals surface area contributed by atoms with Crippen LogP contribution in [0.5, 0.6) is 5.88 Å². The normalized spacial score (nSPS) is 10.2. The van der Waals surface area contributed by atoms with Gasteiger partial charge in [-0.15, -0.1) is 0 Å². The van der Waals surface area contributed by atoms with Gasteiger partial charge in [-0.2, -0.15) is 0 Å². The summed E-state index contributed by atoms with van der Waals surface area (Å²) >= 11 is 0. The molecule has 0 aliphatic rings. The standard InChI is InChI=1S/C14H15NO2/c1-2-11-5-7-12(8-6-11)10-14(16)17-13-4-3-9-15-13/h3-9,15H,2,10H2,1H3. The Kier molecular flexibility index (Phi) is 3.60. The number of carbonyl (C=O) groups excluding carboxylic acids is 1. The summed E-state index contributed by atoms with van der Waals surface area (Å²) in [6.45, 7) is 2.11. The summed E-state index contributed by atoms with van der Waals surface area (Å²) in [5, 5.41) is 0. The molecule has 3 nitrogen and oxygen atoms in total. The van der Waals surface area contributed by atoms with Gasteiger partial charge in [0, 0.05) is 12.3 Å². The Balaban J connectivity index is 1.93. The van der Waals surface area contributed by atoms with Crippen LogP contribution in [0.2, 0.25) is 0 Å². The number of aromatic nitrogens is 1. The predicted molar refractivity (Wildman–Crippen MR) is 66.0 cm³/mol. The third-order valence-corrected chi connectivity index (χ3v) is 2.57. The molecule has 88 valence electrons. The van der Waals surface area contributed by atoms with E-state index in [1.807, 2.05) is 24.3 Å². The first-order chi connectivity index (χ1) is 8.28. The highest BCUT2D eigenvalue weighted by molar-refractivity contribution is 5.74. The monoisotopic (exact) mass is 229 g/mol. The Labute approximate surface area is 100 Å². The number of rotatable bonds is 4. The van der Waals surface area contributed by atoms with Gasteiger partial charge in [-0.3, -0.25) is 4.79 Å². The lowest BCUT2D eigenvalue weighted by Crippen LogP contribution is -2.11. The Morgan fingerprint density at radius 2 is 1.88 bits per heavy atom. The zero-order valence-corrected chi connectivity index (χ0v) is 9.77. The van der Waals surface area contributed by atoms with Crippen LogP contribution in [0.3, 0.4) is 0 Å². The van der Waals surface area contributed by atoms with Crippen molar-refractivity contribution in [3.63, 3.8) is 0 Å². The fraction of sp³-hybridized carbons (Fsp3) is 0.214. The van der Waals surface area contributed by atoms with E-state index in [9.17, 15) is 4.79 Å². The van der Waals surface area contributed by atoms with E-state index in [4.69, 9.17) is 4.74 Å². The first-order valence-electron chi connectivity index (χ1n) is 5.70. The van der Waals surface area contributed by atoms with Gasteiger partial charge in [0.05, 0.1) is 6.42 Å². The number of H-pyrrole nitrogens is 1. The maximum Gasteiger partial charge on any atom is 0.316 e. The van der Waals surface area contributed by atoms with Crippen molar-refractivity contribution in [1.29, 1.82) is 0 Å².